The van der Waals surface area contributed by atoms with Gasteiger partial charge in [0.15, 0.2) is 0 Å². The topological polar surface area (TPSA) is 12.0 Å². The molecule has 0 aliphatic heterocycles. The van der Waals surface area contributed by atoms with E-state index in [0.717, 1.165) is 6.54 Å². The van der Waals surface area contributed by atoms with Crippen LogP contribution in [0.2, 0.25) is 0 Å². The monoisotopic (exact) mass is 269 g/mol. The maximum Gasteiger partial charge on any atom is 0.0346 e. The molecule has 1 unspecified atom stereocenters. The average molecular weight is 270 g/mol. The van der Waals surface area contributed by atoms with E-state index in [-0.39, 0.29) is 0 Å². The molecule has 0 amide bonds. The first-order chi connectivity index (χ1) is 7.07. The van der Waals surface area contributed by atoms with Crippen molar-refractivity contribution in [3.8, 4) is 0 Å². The Morgan fingerprint density at radius 3 is 2.53 bits per heavy atom. The van der Waals surface area contributed by atoms with E-state index in [1.807, 2.05) is 0 Å². The molecule has 1 atom stereocenters. The zero-order chi connectivity index (χ0) is 11.4. The number of hydrogen-bond donors (Lipinski definition) is 1. The summed E-state index contributed by atoms with van der Waals surface area (Å²) in [5.41, 5.74) is 2.75. The van der Waals surface area contributed by atoms with Crippen molar-refractivity contribution < 1.29 is 0 Å². The first-order valence-corrected chi connectivity index (χ1v) is 6.35. The van der Waals surface area contributed by atoms with Crippen molar-refractivity contribution in [3.05, 3.63) is 33.8 Å². The van der Waals surface area contributed by atoms with E-state index >= 15 is 0 Å². The van der Waals surface area contributed by atoms with Gasteiger partial charge in [-0.3, -0.25) is 0 Å². The smallest absolute Gasteiger partial charge is 0.0346 e. The summed E-state index contributed by atoms with van der Waals surface area (Å²) >= 11 is 3.59. The van der Waals surface area contributed by atoms with Gasteiger partial charge in [0.25, 0.3) is 0 Å². The second kappa shape index (κ2) is 5.66. The van der Waals surface area contributed by atoms with Crippen LogP contribution in [0.5, 0.6) is 0 Å². The molecule has 0 bridgehead atoms. The third kappa shape index (κ3) is 3.05. The third-order valence-corrected chi connectivity index (χ3v) is 3.59. The zero-order valence-corrected chi connectivity index (χ0v) is 11.6. The molecule has 2 heteroatoms. The lowest BCUT2D eigenvalue weighted by atomic mass is 9.93. The molecule has 1 rings (SSSR count). The minimum Gasteiger partial charge on any atom is -0.310 e. The van der Waals surface area contributed by atoms with Crippen molar-refractivity contribution in [1.29, 1.82) is 0 Å². The fraction of sp³-hybridized carbons (Fsp3) is 0.538. The van der Waals surface area contributed by atoms with Gasteiger partial charge in [-0.25, -0.2) is 0 Å². The quantitative estimate of drug-likeness (QED) is 0.869. The van der Waals surface area contributed by atoms with Gasteiger partial charge in [-0.1, -0.05) is 48.8 Å². The van der Waals surface area contributed by atoms with Crippen LogP contribution in [0.3, 0.4) is 0 Å². The summed E-state index contributed by atoms with van der Waals surface area (Å²) in [5, 5.41) is 3.55. The Morgan fingerprint density at radius 2 is 2.00 bits per heavy atom. The van der Waals surface area contributed by atoms with Gasteiger partial charge in [0.2, 0.25) is 0 Å². The second-order valence-electron chi connectivity index (χ2n) is 4.23. The van der Waals surface area contributed by atoms with Crippen molar-refractivity contribution in [2.24, 2.45) is 5.92 Å². The number of hydrogen-bond acceptors (Lipinski definition) is 1. The van der Waals surface area contributed by atoms with Crippen molar-refractivity contribution in [1.82, 2.24) is 5.32 Å². The average Bonchev–Trinajstić information content (AvgIpc) is 2.19. The Kier molecular flexibility index (Phi) is 4.81. The molecule has 0 heterocycles. The van der Waals surface area contributed by atoms with E-state index < -0.39 is 0 Å². The molecule has 0 aromatic heterocycles. The molecule has 0 saturated heterocycles. The summed E-state index contributed by atoms with van der Waals surface area (Å²) in [6.07, 6.45) is 0. The van der Waals surface area contributed by atoms with Gasteiger partial charge in [-0.2, -0.15) is 0 Å². The van der Waals surface area contributed by atoms with Gasteiger partial charge in [0.05, 0.1) is 0 Å². The van der Waals surface area contributed by atoms with Gasteiger partial charge in [0, 0.05) is 10.5 Å². The first kappa shape index (κ1) is 12.7. The molecule has 1 aromatic carbocycles. The number of rotatable bonds is 4. The maximum absolute atomic E-state index is 3.59. The Balaban J connectivity index is 3.05. The highest BCUT2D eigenvalue weighted by molar-refractivity contribution is 9.10. The van der Waals surface area contributed by atoms with Crippen LogP contribution in [0.4, 0.5) is 0 Å². The molecule has 0 radical (unpaired) electrons. The normalized spacial score (nSPS) is 13.2. The van der Waals surface area contributed by atoms with Gasteiger partial charge >= 0.3 is 0 Å². The number of halogens is 1. The highest BCUT2D eigenvalue weighted by Crippen LogP contribution is 2.28. The molecular formula is C13H20BrN. The van der Waals surface area contributed by atoms with Crippen LogP contribution in [0.25, 0.3) is 0 Å². The molecule has 1 N–H and O–H groups in total. The molecule has 84 valence electrons. The zero-order valence-electron chi connectivity index (χ0n) is 9.97. The Bertz CT molecular complexity index is 320. The van der Waals surface area contributed by atoms with Crippen LogP contribution in [-0.4, -0.2) is 6.54 Å². The summed E-state index contributed by atoms with van der Waals surface area (Å²) in [6, 6.07) is 6.88. The summed E-state index contributed by atoms with van der Waals surface area (Å²) in [6.45, 7) is 9.85. The first-order valence-electron chi connectivity index (χ1n) is 5.56. The van der Waals surface area contributed by atoms with Crippen LogP contribution in [0.1, 0.15) is 37.9 Å². The molecule has 0 spiro atoms. The van der Waals surface area contributed by atoms with Gasteiger partial charge in [-0.05, 0) is 36.6 Å². The fourth-order valence-electron chi connectivity index (χ4n) is 1.89. The predicted octanol–water partition coefficient (Wildman–Crippen LogP) is 4.06. The van der Waals surface area contributed by atoms with Gasteiger partial charge < -0.3 is 5.32 Å². The summed E-state index contributed by atoms with van der Waals surface area (Å²) in [5.74, 6) is 0.609. The van der Waals surface area contributed by atoms with Crippen molar-refractivity contribution in [2.45, 2.75) is 33.7 Å². The van der Waals surface area contributed by atoms with E-state index in [1.165, 1.54) is 15.6 Å². The van der Waals surface area contributed by atoms with E-state index in [0.29, 0.717) is 12.0 Å². The fourth-order valence-corrected chi connectivity index (χ4v) is 2.27. The summed E-state index contributed by atoms with van der Waals surface area (Å²) < 4.78 is 1.20. The molecule has 0 fully saturated rings. The Hall–Kier alpha value is -0.340. The lowest BCUT2D eigenvalue weighted by molar-refractivity contribution is 0.420. The van der Waals surface area contributed by atoms with E-state index in [2.05, 4.69) is 67.1 Å². The Morgan fingerprint density at radius 1 is 1.33 bits per heavy atom. The third-order valence-electron chi connectivity index (χ3n) is 2.74. The standard InChI is InChI=1S/C13H20BrN/c1-5-15-13(9(2)3)11-7-6-8-12(14)10(11)4/h6-9,13,15H,5H2,1-4H3. The van der Waals surface area contributed by atoms with Gasteiger partial charge in [-0.15, -0.1) is 0 Å². The lowest BCUT2D eigenvalue weighted by Gasteiger charge is -2.24. The maximum atomic E-state index is 3.59. The van der Waals surface area contributed by atoms with Crippen LogP contribution < -0.4 is 5.32 Å². The number of nitrogens with one attached hydrogen (secondary N) is 1. The minimum atomic E-state index is 0.451. The highest BCUT2D eigenvalue weighted by Gasteiger charge is 2.16. The van der Waals surface area contributed by atoms with E-state index in [9.17, 15) is 0 Å². The Labute approximate surface area is 101 Å². The van der Waals surface area contributed by atoms with Crippen molar-refractivity contribution >= 4 is 15.9 Å². The van der Waals surface area contributed by atoms with Crippen LogP contribution in [-0.2, 0) is 0 Å². The van der Waals surface area contributed by atoms with Crippen LogP contribution in [0, 0.1) is 12.8 Å². The molecule has 0 aliphatic rings. The predicted molar refractivity (Wildman–Crippen MR) is 70.1 cm³/mol. The SMILES string of the molecule is CCNC(c1cccc(Br)c1C)C(C)C. The number of benzene rings is 1. The summed E-state index contributed by atoms with van der Waals surface area (Å²) in [7, 11) is 0. The summed E-state index contributed by atoms with van der Waals surface area (Å²) in [4.78, 5) is 0. The van der Waals surface area contributed by atoms with Crippen LogP contribution >= 0.6 is 15.9 Å². The molecular weight excluding hydrogens is 250 g/mol. The molecule has 1 aromatic rings. The van der Waals surface area contributed by atoms with E-state index in [1.54, 1.807) is 0 Å². The van der Waals surface area contributed by atoms with Crippen molar-refractivity contribution in [3.63, 3.8) is 0 Å². The second-order valence-corrected chi connectivity index (χ2v) is 5.09. The highest BCUT2D eigenvalue weighted by atomic mass is 79.9. The van der Waals surface area contributed by atoms with Gasteiger partial charge in [0.1, 0.15) is 0 Å². The molecule has 15 heavy (non-hydrogen) atoms. The molecule has 0 aliphatic carbocycles. The van der Waals surface area contributed by atoms with Crippen LogP contribution in [0.15, 0.2) is 22.7 Å². The molecule has 0 saturated carbocycles. The van der Waals surface area contributed by atoms with Crippen molar-refractivity contribution in [2.75, 3.05) is 6.54 Å². The largest absolute Gasteiger partial charge is 0.310 e. The minimum absolute atomic E-state index is 0.451. The molecule has 1 nitrogen and oxygen atoms in total. The lowest BCUT2D eigenvalue weighted by Crippen LogP contribution is -2.26. The van der Waals surface area contributed by atoms with E-state index in [4.69, 9.17) is 0 Å².